The third kappa shape index (κ3) is 1.29. The number of methoxy groups -OCH3 is 1. The molecule has 1 aromatic carbocycles. The molecule has 1 aliphatic carbocycles. The smallest absolute Gasteiger partial charge is 0.133 e. The molecule has 2 rings (SSSR count). The number of hydrogen-bond donors (Lipinski definition) is 1. The van der Waals surface area contributed by atoms with Crippen LogP contribution in [0.5, 0.6) is 5.75 Å². The van der Waals surface area contributed by atoms with Crippen LogP contribution in [0.1, 0.15) is 18.4 Å². The number of rotatable bonds is 2. The second-order valence-electron chi connectivity index (χ2n) is 3.35. The molecular formula is C10H11FO2. The van der Waals surface area contributed by atoms with E-state index in [1.807, 2.05) is 0 Å². The predicted molar refractivity (Wildman–Crippen MR) is 46.1 cm³/mol. The van der Waals surface area contributed by atoms with E-state index in [1.165, 1.54) is 13.2 Å². The van der Waals surface area contributed by atoms with Gasteiger partial charge in [-0.1, -0.05) is 6.07 Å². The fourth-order valence-electron chi connectivity index (χ4n) is 1.49. The molecule has 0 heterocycles. The third-order valence-electron chi connectivity index (χ3n) is 2.38. The highest BCUT2D eigenvalue weighted by Gasteiger charge is 2.46. The van der Waals surface area contributed by atoms with Gasteiger partial charge in [-0.05, 0) is 25.0 Å². The van der Waals surface area contributed by atoms with Gasteiger partial charge in [-0.2, -0.15) is 0 Å². The molecule has 0 aromatic heterocycles. The first-order valence-electron chi connectivity index (χ1n) is 4.23. The van der Waals surface area contributed by atoms with Gasteiger partial charge in [0.2, 0.25) is 0 Å². The Balaban J connectivity index is 2.52. The first-order valence-corrected chi connectivity index (χ1v) is 4.23. The maximum Gasteiger partial charge on any atom is 0.133 e. The van der Waals surface area contributed by atoms with E-state index in [2.05, 4.69) is 0 Å². The van der Waals surface area contributed by atoms with E-state index in [9.17, 15) is 9.50 Å². The highest BCUT2D eigenvalue weighted by molar-refractivity contribution is 5.41. The topological polar surface area (TPSA) is 29.5 Å². The molecule has 2 nitrogen and oxygen atoms in total. The summed E-state index contributed by atoms with van der Waals surface area (Å²) in [5, 5.41) is 9.77. The average Bonchev–Trinajstić information content (AvgIpc) is 2.84. The van der Waals surface area contributed by atoms with Crippen molar-refractivity contribution in [1.82, 2.24) is 0 Å². The number of aliphatic hydroxyl groups is 1. The fourth-order valence-corrected chi connectivity index (χ4v) is 1.49. The van der Waals surface area contributed by atoms with Gasteiger partial charge in [-0.25, -0.2) is 4.39 Å². The third-order valence-corrected chi connectivity index (χ3v) is 2.38. The fraction of sp³-hybridized carbons (Fsp3) is 0.400. The minimum atomic E-state index is -0.976. The van der Waals surface area contributed by atoms with Crippen LogP contribution in [0.3, 0.4) is 0 Å². The van der Waals surface area contributed by atoms with E-state index in [0.29, 0.717) is 24.2 Å². The summed E-state index contributed by atoms with van der Waals surface area (Å²) in [4.78, 5) is 0. The molecule has 0 atom stereocenters. The lowest BCUT2D eigenvalue weighted by atomic mass is 10.1. The molecule has 1 saturated carbocycles. The summed E-state index contributed by atoms with van der Waals surface area (Å²) in [5.74, 6) is 0.0411. The molecule has 0 saturated heterocycles. The van der Waals surface area contributed by atoms with Crippen molar-refractivity contribution in [2.45, 2.75) is 18.4 Å². The van der Waals surface area contributed by atoms with Crippen molar-refractivity contribution < 1.29 is 14.2 Å². The highest BCUT2D eigenvalue weighted by atomic mass is 19.1. The van der Waals surface area contributed by atoms with E-state index in [-0.39, 0.29) is 5.82 Å². The summed E-state index contributed by atoms with van der Waals surface area (Å²) >= 11 is 0. The lowest BCUT2D eigenvalue weighted by Gasteiger charge is -2.13. The Morgan fingerprint density at radius 2 is 2.15 bits per heavy atom. The van der Waals surface area contributed by atoms with Crippen LogP contribution >= 0.6 is 0 Å². The molecule has 0 amide bonds. The largest absolute Gasteiger partial charge is 0.496 e. The van der Waals surface area contributed by atoms with Gasteiger partial charge >= 0.3 is 0 Å². The summed E-state index contributed by atoms with van der Waals surface area (Å²) < 4.78 is 18.3. The maximum absolute atomic E-state index is 13.3. The van der Waals surface area contributed by atoms with Crippen molar-refractivity contribution in [3.63, 3.8) is 0 Å². The van der Waals surface area contributed by atoms with Crippen LogP contribution in [0.15, 0.2) is 18.2 Å². The van der Waals surface area contributed by atoms with Crippen molar-refractivity contribution in [3.8, 4) is 5.75 Å². The van der Waals surface area contributed by atoms with Crippen LogP contribution in [0.2, 0.25) is 0 Å². The van der Waals surface area contributed by atoms with Crippen molar-refractivity contribution in [1.29, 1.82) is 0 Å². The van der Waals surface area contributed by atoms with Gasteiger partial charge in [0.05, 0.1) is 18.3 Å². The Morgan fingerprint density at radius 1 is 1.46 bits per heavy atom. The quantitative estimate of drug-likeness (QED) is 0.755. The maximum atomic E-state index is 13.3. The van der Waals surface area contributed by atoms with E-state index in [0.717, 1.165) is 0 Å². The Bertz CT molecular complexity index is 332. The lowest BCUT2D eigenvalue weighted by Crippen LogP contribution is -2.09. The Labute approximate surface area is 76.0 Å². The zero-order chi connectivity index (χ0) is 9.47. The minimum absolute atomic E-state index is 0.303. The molecule has 0 radical (unpaired) electrons. The Hall–Kier alpha value is -1.09. The Kier molecular flexibility index (Phi) is 1.77. The monoisotopic (exact) mass is 182 g/mol. The van der Waals surface area contributed by atoms with Crippen LogP contribution in [0.25, 0.3) is 0 Å². The number of halogens is 1. The van der Waals surface area contributed by atoms with Crippen LogP contribution in [0.4, 0.5) is 4.39 Å². The summed E-state index contributed by atoms with van der Waals surface area (Å²) in [6.45, 7) is 0. The molecule has 0 spiro atoms. The van der Waals surface area contributed by atoms with Crippen LogP contribution < -0.4 is 4.74 Å². The molecule has 70 valence electrons. The first-order chi connectivity index (χ1) is 6.17. The summed E-state index contributed by atoms with van der Waals surface area (Å²) in [6.07, 6.45) is 1.23. The van der Waals surface area contributed by atoms with E-state index in [1.54, 1.807) is 12.1 Å². The SMILES string of the molecule is COc1cccc(F)c1C1(O)CC1. The van der Waals surface area contributed by atoms with Gasteiger partial charge in [0, 0.05) is 0 Å². The summed E-state index contributed by atoms with van der Waals surface area (Å²) in [5.41, 5.74) is -0.672. The van der Waals surface area contributed by atoms with Gasteiger partial charge < -0.3 is 9.84 Å². The van der Waals surface area contributed by atoms with Gasteiger partial charge in [0.1, 0.15) is 11.6 Å². The number of hydrogen-bond acceptors (Lipinski definition) is 2. The average molecular weight is 182 g/mol. The molecule has 0 aliphatic heterocycles. The number of benzene rings is 1. The second kappa shape index (κ2) is 2.70. The normalized spacial score (nSPS) is 18.4. The van der Waals surface area contributed by atoms with Crippen molar-refractivity contribution >= 4 is 0 Å². The molecule has 13 heavy (non-hydrogen) atoms. The number of ether oxygens (including phenoxy) is 1. The van der Waals surface area contributed by atoms with Gasteiger partial charge in [0.25, 0.3) is 0 Å². The zero-order valence-electron chi connectivity index (χ0n) is 7.38. The van der Waals surface area contributed by atoms with Gasteiger partial charge in [-0.15, -0.1) is 0 Å². The molecule has 1 N–H and O–H groups in total. The molecule has 0 bridgehead atoms. The van der Waals surface area contributed by atoms with Gasteiger partial charge in [0.15, 0.2) is 0 Å². The van der Waals surface area contributed by atoms with Gasteiger partial charge in [-0.3, -0.25) is 0 Å². The van der Waals surface area contributed by atoms with E-state index < -0.39 is 5.60 Å². The van der Waals surface area contributed by atoms with Crippen LogP contribution in [0, 0.1) is 5.82 Å². The van der Waals surface area contributed by atoms with Crippen LogP contribution in [-0.4, -0.2) is 12.2 Å². The summed E-state index contributed by atoms with van der Waals surface area (Å²) in [7, 11) is 1.48. The predicted octanol–water partition coefficient (Wildman–Crippen LogP) is 1.82. The van der Waals surface area contributed by atoms with Crippen LogP contribution in [-0.2, 0) is 5.60 Å². The molecule has 0 unspecified atom stereocenters. The minimum Gasteiger partial charge on any atom is -0.496 e. The van der Waals surface area contributed by atoms with Crippen molar-refractivity contribution in [2.24, 2.45) is 0 Å². The summed E-state index contributed by atoms with van der Waals surface area (Å²) in [6, 6.07) is 4.58. The lowest BCUT2D eigenvalue weighted by molar-refractivity contribution is 0.142. The standard InChI is InChI=1S/C10H11FO2/c1-13-8-4-2-3-7(11)9(8)10(12)5-6-10/h2-4,12H,5-6H2,1H3. The molecule has 3 heteroatoms. The molecule has 1 aliphatic rings. The molecule has 1 aromatic rings. The van der Waals surface area contributed by atoms with E-state index >= 15 is 0 Å². The van der Waals surface area contributed by atoms with Crippen molar-refractivity contribution in [2.75, 3.05) is 7.11 Å². The molecular weight excluding hydrogens is 171 g/mol. The zero-order valence-corrected chi connectivity index (χ0v) is 7.38. The highest BCUT2D eigenvalue weighted by Crippen LogP contribution is 2.49. The van der Waals surface area contributed by atoms with E-state index in [4.69, 9.17) is 4.74 Å². The second-order valence-corrected chi connectivity index (χ2v) is 3.35. The Morgan fingerprint density at radius 3 is 2.69 bits per heavy atom. The van der Waals surface area contributed by atoms with Crippen molar-refractivity contribution in [3.05, 3.63) is 29.6 Å². The first kappa shape index (κ1) is 8.51. The molecule has 1 fully saturated rings.